The standard InChI is InChI=1S/C23H42N6/c1-5-29(6-2)22(21-12-8-7-9-13-21)20-26-23(24-3)25-14-10-11-15-28-18-16-27(4)17-19-28/h7-9,12-13,22H,5-6,10-11,14-20H2,1-4H3,(H2,24,25,26). The van der Waals surface area contributed by atoms with Crippen molar-refractivity contribution in [1.82, 2.24) is 25.3 Å². The Morgan fingerprint density at radius 1 is 1.03 bits per heavy atom. The molecular formula is C23H42N6. The first-order chi connectivity index (χ1) is 14.2. The highest BCUT2D eigenvalue weighted by molar-refractivity contribution is 5.79. The maximum atomic E-state index is 4.42. The minimum absolute atomic E-state index is 0.349. The molecule has 0 bridgehead atoms. The van der Waals surface area contributed by atoms with Crippen LogP contribution in [0.25, 0.3) is 0 Å². The molecule has 29 heavy (non-hydrogen) atoms. The lowest BCUT2D eigenvalue weighted by molar-refractivity contribution is 0.152. The molecule has 0 saturated carbocycles. The number of hydrogen-bond acceptors (Lipinski definition) is 4. The topological polar surface area (TPSA) is 46.1 Å². The fraction of sp³-hybridized carbons (Fsp3) is 0.696. The number of nitrogens with zero attached hydrogens (tertiary/aromatic N) is 4. The lowest BCUT2D eigenvalue weighted by Gasteiger charge is -2.32. The van der Waals surface area contributed by atoms with Gasteiger partial charge in [-0.1, -0.05) is 44.2 Å². The molecule has 0 aliphatic carbocycles. The molecule has 0 radical (unpaired) electrons. The molecule has 6 heteroatoms. The Kier molecular flexibility index (Phi) is 11.1. The minimum atomic E-state index is 0.349. The van der Waals surface area contributed by atoms with Crippen LogP contribution in [0.2, 0.25) is 0 Å². The summed E-state index contributed by atoms with van der Waals surface area (Å²) in [5.41, 5.74) is 1.35. The van der Waals surface area contributed by atoms with Crippen LogP contribution in [0.1, 0.15) is 38.3 Å². The Morgan fingerprint density at radius 3 is 2.34 bits per heavy atom. The number of piperazine rings is 1. The Balaban J connectivity index is 1.72. The van der Waals surface area contributed by atoms with Crippen LogP contribution < -0.4 is 10.6 Å². The second kappa shape index (κ2) is 13.6. The molecule has 1 aromatic rings. The second-order valence-electron chi connectivity index (χ2n) is 7.88. The minimum Gasteiger partial charge on any atom is -0.356 e. The molecular weight excluding hydrogens is 360 g/mol. The zero-order chi connectivity index (χ0) is 20.9. The first kappa shape index (κ1) is 23.6. The molecule has 1 aliphatic heterocycles. The molecule has 2 rings (SSSR count). The number of aliphatic imine (C=N–C) groups is 1. The third-order valence-electron chi connectivity index (χ3n) is 5.91. The van der Waals surface area contributed by atoms with Crippen molar-refractivity contribution >= 4 is 5.96 Å². The van der Waals surface area contributed by atoms with Gasteiger partial charge in [-0.15, -0.1) is 0 Å². The summed E-state index contributed by atoms with van der Waals surface area (Å²) >= 11 is 0. The maximum Gasteiger partial charge on any atom is 0.191 e. The Morgan fingerprint density at radius 2 is 1.72 bits per heavy atom. The first-order valence-corrected chi connectivity index (χ1v) is 11.3. The number of unbranched alkanes of at least 4 members (excludes halogenated alkanes) is 1. The van der Waals surface area contributed by atoms with Gasteiger partial charge >= 0.3 is 0 Å². The van der Waals surface area contributed by atoms with Crippen LogP contribution in [0.4, 0.5) is 0 Å². The summed E-state index contributed by atoms with van der Waals surface area (Å²) in [7, 11) is 4.07. The van der Waals surface area contributed by atoms with Gasteiger partial charge in [-0.3, -0.25) is 9.89 Å². The summed E-state index contributed by atoms with van der Waals surface area (Å²) in [4.78, 5) is 11.9. The SMILES string of the molecule is CCN(CC)C(CNC(=NC)NCCCCN1CCN(C)CC1)c1ccccc1. The average Bonchev–Trinajstić information content (AvgIpc) is 2.76. The van der Waals surface area contributed by atoms with E-state index in [1.165, 1.54) is 51.1 Å². The molecule has 1 aliphatic rings. The fourth-order valence-corrected chi connectivity index (χ4v) is 3.95. The molecule has 164 valence electrons. The molecule has 6 nitrogen and oxygen atoms in total. The van der Waals surface area contributed by atoms with Crippen LogP contribution in [-0.4, -0.2) is 93.7 Å². The summed E-state index contributed by atoms with van der Waals surface area (Å²) in [5, 5.41) is 7.03. The van der Waals surface area contributed by atoms with E-state index in [1.54, 1.807) is 0 Å². The molecule has 1 fully saturated rings. The number of guanidine groups is 1. The second-order valence-corrected chi connectivity index (χ2v) is 7.88. The lowest BCUT2D eigenvalue weighted by atomic mass is 10.1. The van der Waals surface area contributed by atoms with E-state index in [2.05, 4.69) is 81.6 Å². The van der Waals surface area contributed by atoms with Gasteiger partial charge in [0, 0.05) is 46.3 Å². The molecule has 0 amide bonds. The average molecular weight is 403 g/mol. The summed E-state index contributed by atoms with van der Waals surface area (Å²) in [5.74, 6) is 0.901. The zero-order valence-electron chi connectivity index (χ0n) is 19.0. The van der Waals surface area contributed by atoms with Gasteiger partial charge in [-0.25, -0.2) is 0 Å². The van der Waals surface area contributed by atoms with E-state index in [4.69, 9.17) is 0 Å². The molecule has 1 atom stereocenters. The Bertz CT molecular complexity index is 564. The molecule has 1 aromatic carbocycles. The number of hydrogen-bond donors (Lipinski definition) is 2. The van der Waals surface area contributed by atoms with Crippen molar-refractivity contribution in [2.75, 3.05) is 73.0 Å². The normalized spacial score (nSPS) is 17.5. The molecule has 0 spiro atoms. The van der Waals surface area contributed by atoms with Gasteiger partial charge in [0.05, 0.1) is 6.04 Å². The van der Waals surface area contributed by atoms with Gasteiger partial charge < -0.3 is 20.4 Å². The molecule has 2 N–H and O–H groups in total. The van der Waals surface area contributed by atoms with E-state index in [0.29, 0.717) is 6.04 Å². The van der Waals surface area contributed by atoms with Crippen LogP contribution >= 0.6 is 0 Å². The highest BCUT2D eigenvalue weighted by Gasteiger charge is 2.18. The summed E-state index contributed by atoms with van der Waals surface area (Å²) in [6.45, 7) is 14.4. The van der Waals surface area contributed by atoms with Crippen molar-refractivity contribution in [3.05, 3.63) is 35.9 Å². The lowest BCUT2D eigenvalue weighted by Crippen LogP contribution is -2.45. The van der Waals surface area contributed by atoms with Gasteiger partial charge in [0.15, 0.2) is 5.96 Å². The smallest absolute Gasteiger partial charge is 0.191 e. The largest absolute Gasteiger partial charge is 0.356 e. The third-order valence-corrected chi connectivity index (χ3v) is 5.91. The molecule has 1 unspecified atom stereocenters. The van der Waals surface area contributed by atoms with E-state index >= 15 is 0 Å². The van der Waals surface area contributed by atoms with E-state index < -0.39 is 0 Å². The summed E-state index contributed by atoms with van der Waals surface area (Å²) < 4.78 is 0. The van der Waals surface area contributed by atoms with Crippen LogP contribution in [0.15, 0.2) is 35.3 Å². The van der Waals surface area contributed by atoms with Gasteiger partial charge in [0.2, 0.25) is 0 Å². The van der Waals surface area contributed by atoms with Crippen LogP contribution in [0, 0.1) is 0 Å². The molecule has 1 saturated heterocycles. The zero-order valence-corrected chi connectivity index (χ0v) is 19.0. The van der Waals surface area contributed by atoms with Crippen LogP contribution in [0.5, 0.6) is 0 Å². The van der Waals surface area contributed by atoms with Crippen molar-refractivity contribution in [3.8, 4) is 0 Å². The fourth-order valence-electron chi connectivity index (χ4n) is 3.95. The van der Waals surface area contributed by atoms with Crippen molar-refractivity contribution in [1.29, 1.82) is 0 Å². The summed E-state index contributed by atoms with van der Waals surface area (Å²) in [6.07, 6.45) is 2.41. The van der Waals surface area contributed by atoms with Crippen molar-refractivity contribution in [2.24, 2.45) is 4.99 Å². The molecule has 1 heterocycles. The van der Waals surface area contributed by atoms with E-state index in [-0.39, 0.29) is 0 Å². The van der Waals surface area contributed by atoms with Crippen molar-refractivity contribution in [2.45, 2.75) is 32.7 Å². The van der Waals surface area contributed by atoms with Gasteiger partial charge in [0.25, 0.3) is 0 Å². The Hall–Kier alpha value is -1.63. The van der Waals surface area contributed by atoms with Crippen LogP contribution in [-0.2, 0) is 0 Å². The highest BCUT2D eigenvalue weighted by Crippen LogP contribution is 2.19. The number of benzene rings is 1. The predicted octanol–water partition coefficient (Wildman–Crippen LogP) is 2.26. The predicted molar refractivity (Wildman–Crippen MR) is 125 cm³/mol. The first-order valence-electron chi connectivity index (χ1n) is 11.3. The number of likely N-dealkylation sites (N-methyl/N-ethyl adjacent to an activating group) is 2. The third kappa shape index (κ3) is 8.33. The van der Waals surface area contributed by atoms with Gasteiger partial charge in [-0.05, 0) is 45.1 Å². The number of rotatable bonds is 11. The number of nitrogens with one attached hydrogen (secondary N) is 2. The molecule has 0 aromatic heterocycles. The van der Waals surface area contributed by atoms with E-state index in [9.17, 15) is 0 Å². The highest BCUT2D eigenvalue weighted by atomic mass is 15.2. The van der Waals surface area contributed by atoms with E-state index in [0.717, 1.165) is 32.1 Å². The Labute approximate surface area is 178 Å². The van der Waals surface area contributed by atoms with Crippen LogP contribution in [0.3, 0.4) is 0 Å². The quantitative estimate of drug-likeness (QED) is 0.338. The van der Waals surface area contributed by atoms with Gasteiger partial charge in [-0.2, -0.15) is 0 Å². The van der Waals surface area contributed by atoms with Gasteiger partial charge in [0.1, 0.15) is 0 Å². The van der Waals surface area contributed by atoms with E-state index in [1.807, 2.05) is 7.05 Å². The van der Waals surface area contributed by atoms with Crippen molar-refractivity contribution < 1.29 is 0 Å². The summed E-state index contributed by atoms with van der Waals surface area (Å²) in [6, 6.07) is 11.1. The monoisotopic (exact) mass is 402 g/mol. The maximum absolute atomic E-state index is 4.42. The van der Waals surface area contributed by atoms with Crippen molar-refractivity contribution in [3.63, 3.8) is 0 Å².